The van der Waals surface area contributed by atoms with Crippen molar-refractivity contribution in [3.05, 3.63) is 180 Å². The zero-order chi connectivity index (χ0) is 111. The van der Waals surface area contributed by atoms with Crippen molar-refractivity contribution in [2.75, 3.05) is 20.3 Å². The van der Waals surface area contributed by atoms with Gasteiger partial charge in [0.15, 0.2) is 52.1 Å². The van der Waals surface area contributed by atoms with Crippen molar-refractivity contribution in [3.8, 4) is 0 Å². The van der Waals surface area contributed by atoms with E-state index in [0.717, 1.165) is 101 Å². The van der Waals surface area contributed by atoms with E-state index in [-0.39, 0.29) is 155 Å². The Labute approximate surface area is 870 Å². The Bertz CT molecular complexity index is 6690. The highest BCUT2D eigenvalue weighted by atomic mass is 16.7. The number of rotatable bonds is 0. The predicted molar refractivity (Wildman–Crippen MR) is 560 cm³/mol. The standard InChI is InChI=1S/C20H30N2O3.2C19H25N3O2.C19H23N3O2.C19H26N2O3.C18H26N2O2.CH5NO.CH4/c1-17(2,3)22-14-11-15-18(4,5)20(24-9-10-25-20)8-7-19(15,6)16(23)13(14)12-21-22;1-17(2,3)22-13-7-14-18(4,5)16-11(9-21-24-16)8-19(14,6)15(23)12(13)10-20-22;2*1-17(2,3)22-13-8-14-18(4,5)16(24)12(20-7)9-19(14,6)15(23)11(13)10-21-22;1-17(2,3)21-13-7-14-18(4,5)15(23)11(10-22)8-19(14,6)16(24)12(13)9-20-21;1-16(2,3)20-12-9-13-17(4,5)14(21)7-8-18(13,6)15(22)11(12)10-19-20;1-2-3;/h12,15H,7-11H2,1-6H3;9-10,14H,7-8H2,1-6H3;10,14,24H,8-9H2,1-6H3;9-10,14H,8H2,1-6H3;9-10,14,22H,7-8H2,1-6H3;10,13H,7-9H2,1-6H3;2-3H,1H3;1H4/b;;;;11-10-;;;/t15-,19-;4*14-,19-;13-,18-;;/m000000../s1/i;;;;;;;1T. The molecule has 4 N–H and O–H groups in total. The van der Waals surface area contributed by atoms with E-state index in [9.17, 15) is 53.4 Å². The molecule has 4 fully saturated rings. The molecule has 0 aromatic carbocycles. The zero-order valence-electron chi connectivity index (χ0n) is 95.7. The molecule has 8 heterocycles. The number of carbonyl (C=O) groups excluding carboxylic acids is 9. The third-order valence-electron chi connectivity index (χ3n) is 36.4. The van der Waals surface area contributed by atoms with Gasteiger partial charge in [-0.2, -0.15) is 30.6 Å². The van der Waals surface area contributed by atoms with E-state index in [1.807, 2.05) is 132 Å². The van der Waals surface area contributed by atoms with Crippen molar-refractivity contribution in [3.63, 3.8) is 0 Å². The Hall–Kier alpha value is -10.9. The van der Waals surface area contributed by atoms with Crippen LogP contribution in [0.4, 0.5) is 0 Å². The van der Waals surface area contributed by atoms with Crippen LogP contribution >= 0.6 is 0 Å². The largest absolute Gasteiger partial charge is 0.523 e. The molecule has 147 heavy (non-hydrogen) atoms. The van der Waals surface area contributed by atoms with Crippen LogP contribution in [0.1, 0.15) is 404 Å². The Kier molecular flexibility index (Phi) is 28.0. The Morgan fingerprint density at radius 2 is 0.714 bits per heavy atom. The minimum atomic E-state index is -0.837. The normalized spacial score (nSPS) is 29.6. The quantitative estimate of drug-likeness (QED) is 0.0474. The average Bonchev–Trinajstić information content (AvgIpc) is 1.36. The smallest absolute Gasteiger partial charge is 0.226 e. The minimum Gasteiger partial charge on any atom is -0.523 e. The van der Waals surface area contributed by atoms with Crippen LogP contribution in [0.3, 0.4) is 0 Å². The minimum absolute atomic E-state index is 0.0316. The molecule has 12 atom stereocenters. The molecule has 798 valence electrons. The molecule has 1 spiro atoms. The highest BCUT2D eigenvalue weighted by molar-refractivity contribution is 6.11. The van der Waals surface area contributed by atoms with Gasteiger partial charge in [-0.1, -0.05) is 136 Å². The summed E-state index contributed by atoms with van der Waals surface area (Å²) in [5.41, 5.74) is 6.23. The number of hydroxylamine groups is 1. The first-order chi connectivity index (χ1) is 67.8. The fourth-order valence-electron chi connectivity index (χ4n) is 28.4. The summed E-state index contributed by atoms with van der Waals surface area (Å²) in [5.74, 6) is 1.29. The molecule has 1 saturated heterocycles. The van der Waals surface area contributed by atoms with Crippen molar-refractivity contribution in [2.24, 2.45) is 95.1 Å². The van der Waals surface area contributed by atoms with Gasteiger partial charge in [0.25, 0.3) is 0 Å². The van der Waals surface area contributed by atoms with Gasteiger partial charge in [-0.05, 0) is 238 Å². The second-order valence-electron chi connectivity index (χ2n) is 54.4. The molecule has 7 aromatic heterocycles. The maximum absolute atomic E-state index is 13.5. The lowest BCUT2D eigenvalue weighted by molar-refractivity contribution is -0.277. The van der Waals surface area contributed by atoms with Crippen LogP contribution in [-0.2, 0) is 107 Å². The molecule has 0 radical (unpaired) electrons. The van der Waals surface area contributed by atoms with Crippen molar-refractivity contribution in [1.82, 2.24) is 69.3 Å². The fraction of sp³-hybridized carbons (Fsp3) is 0.672. The molecule has 1 aliphatic heterocycles. The van der Waals surface area contributed by atoms with Gasteiger partial charge in [0.05, 0.1) is 177 Å². The predicted octanol–water partition coefficient (Wildman–Crippen LogP) is 21.7. The summed E-state index contributed by atoms with van der Waals surface area (Å²) in [6.45, 7) is 89.7. The molecule has 7 aromatic rings. The number of ether oxygens (including phenoxy) is 2. The van der Waals surface area contributed by atoms with Crippen LogP contribution in [0.25, 0.3) is 9.69 Å². The number of nitrogens with one attached hydrogen (secondary N) is 1. The molecule has 31 heteroatoms. The molecular weight excluding hydrogens is 1860 g/mol. The van der Waals surface area contributed by atoms with Crippen LogP contribution in [0.15, 0.2) is 83.0 Å². The van der Waals surface area contributed by atoms with E-state index in [1.165, 1.54) is 14.5 Å². The first kappa shape index (κ1) is 112. The number of hydrogen-bond acceptors (Lipinski definition) is 23. The molecule has 13 aliphatic rings. The number of fused-ring (bicyclic) bond motifs is 13. The number of carbonyl (C=O) groups is 9. The monoisotopic (exact) mass is 2020 g/mol. The van der Waals surface area contributed by atoms with E-state index < -0.39 is 54.5 Å². The van der Waals surface area contributed by atoms with Crippen molar-refractivity contribution in [2.45, 2.75) is 385 Å². The molecular formula is C116H164N16O15. The molecule has 20 rings (SSSR count). The lowest BCUT2D eigenvalue weighted by atomic mass is 9.49. The first-order valence-corrected chi connectivity index (χ1v) is 52.0. The van der Waals surface area contributed by atoms with Gasteiger partial charge in [0, 0.05) is 97.4 Å². The third kappa shape index (κ3) is 17.7. The van der Waals surface area contributed by atoms with Gasteiger partial charge < -0.3 is 34.2 Å². The van der Waals surface area contributed by atoms with Gasteiger partial charge >= 0.3 is 0 Å². The molecule has 0 unspecified atom stereocenters. The average molecular weight is 2020 g/mol. The van der Waals surface area contributed by atoms with E-state index in [0.29, 0.717) is 86.1 Å². The molecule has 0 bridgehead atoms. The molecule has 31 nitrogen and oxygen atoms in total. The summed E-state index contributed by atoms with van der Waals surface area (Å²) in [6.07, 6.45) is 22.9. The van der Waals surface area contributed by atoms with Gasteiger partial charge in [-0.25, -0.2) is 15.2 Å². The van der Waals surface area contributed by atoms with Gasteiger partial charge in [-0.3, -0.25) is 66.4 Å². The molecule has 12 aliphatic carbocycles. The van der Waals surface area contributed by atoms with E-state index in [2.05, 4.69) is 191 Å². The van der Waals surface area contributed by atoms with Gasteiger partial charge in [-0.15, -0.1) is 0 Å². The maximum atomic E-state index is 13.5. The third-order valence-corrected chi connectivity index (χ3v) is 36.4. The van der Waals surface area contributed by atoms with Crippen molar-refractivity contribution < 1.29 is 73.9 Å². The lowest BCUT2D eigenvalue weighted by Gasteiger charge is -2.58. The van der Waals surface area contributed by atoms with Gasteiger partial charge in [0.1, 0.15) is 17.3 Å². The number of aliphatic hydroxyl groups excluding tert-OH is 2. The van der Waals surface area contributed by atoms with E-state index in [4.69, 9.17) is 33.7 Å². The van der Waals surface area contributed by atoms with E-state index in [1.54, 1.807) is 54.9 Å². The Balaban J connectivity index is 0.000000147. The summed E-state index contributed by atoms with van der Waals surface area (Å²) in [4.78, 5) is 125. The second-order valence-corrected chi connectivity index (χ2v) is 54.4. The Morgan fingerprint density at radius 1 is 0.401 bits per heavy atom. The summed E-state index contributed by atoms with van der Waals surface area (Å²) >= 11 is 0. The summed E-state index contributed by atoms with van der Waals surface area (Å²) in [7, 11) is 2.68. The number of aromatic nitrogens is 13. The first-order valence-electron chi connectivity index (χ1n) is 53.0. The van der Waals surface area contributed by atoms with Crippen LogP contribution in [0.2, 0.25) is 0 Å². The van der Waals surface area contributed by atoms with Crippen LogP contribution < -0.4 is 5.48 Å². The summed E-state index contributed by atoms with van der Waals surface area (Å²) in [6, 6.07) is 0. The van der Waals surface area contributed by atoms with E-state index >= 15 is 0 Å². The van der Waals surface area contributed by atoms with Crippen LogP contribution in [-0.4, -0.2) is 157 Å². The van der Waals surface area contributed by atoms with Crippen molar-refractivity contribution in [1.29, 1.82) is 0 Å². The highest BCUT2D eigenvalue weighted by Crippen LogP contribution is 2.66. The summed E-state index contributed by atoms with van der Waals surface area (Å²) < 4.78 is 35.4. The maximum Gasteiger partial charge on any atom is 0.226 e. The second kappa shape index (κ2) is 36.8. The molecule has 3 saturated carbocycles. The number of nitrogens with zero attached hydrogens (tertiary/aromatic N) is 15. The fourth-order valence-corrected chi connectivity index (χ4v) is 28.4. The zero-order valence-corrected chi connectivity index (χ0v) is 94.7. The highest BCUT2D eigenvalue weighted by Gasteiger charge is 2.69. The lowest BCUT2D eigenvalue weighted by Crippen LogP contribution is -2.62. The van der Waals surface area contributed by atoms with Crippen LogP contribution in [0, 0.1) is 108 Å². The number of Topliss-reactive ketones (excluding diaryl/α,β-unsaturated/α-hetero) is 9. The molecule has 0 amide bonds. The van der Waals surface area contributed by atoms with Crippen LogP contribution in [0.5, 0.6) is 0 Å². The van der Waals surface area contributed by atoms with Crippen molar-refractivity contribution >= 4 is 52.0 Å². The number of aliphatic hydroxyl groups is 2. The number of ketones is 9. The Morgan fingerprint density at radius 3 is 1.07 bits per heavy atom. The van der Waals surface area contributed by atoms with Gasteiger partial charge in [0.2, 0.25) is 11.4 Å². The number of hydrogen-bond donors (Lipinski definition) is 4. The SMILES string of the molecule is CC(C)(C)n1ncc2c1C[C@H]1C(C)(C)C3(CC[C@]1(C)C2=O)OCCO3.CC1(C)C(=O)/C(=C\O)C[C@]2(C)C(=O)c3cnn(C(C)(C)C)c3C[C@@H]12.CC1(C)C(=O)CC[C@]2(C)C(=O)c3cnn(C(C)(C)C)c3C[C@@H]12.CC1(C)c2oncc2C[C@]2(C)C(=O)c3cnn(C(C)(C)C)c3C[C@@H]12.CNO.[3H]C.[C-]#[N+]C1=C(O)C(C)(C)[C@@H]2Cc3c(cnn3C(C)(C)C)C(=O)[C@@]2(C)C1.[C-]#[N+]C1=C[C@]2(C)C(=O)c3cnn(C(C)(C)C)c3C[C@H]2C(C)(C)C1=O. The number of allylic oxidation sites excluding steroid dienone is 5. The topological polar surface area (TPSA) is 386 Å². The summed E-state index contributed by atoms with van der Waals surface area (Å²) in [5, 5.41) is 58.4.